The normalized spacial score (nSPS) is 16.5. The van der Waals surface area contributed by atoms with Crippen LogP contribution in [0.25, 0.3) is 0 Å². The van der Waals surface area contributed by atoms with E-state index in [1.165, 1.54) is 16.4 Å². The van der Waals surface area contributed by atoms with E-state index in [-0.39, 0.29) is 17.4 Å². The van der Waals surface area contributed by atoms with E-state index in [1.807, 2.05) is 0 Å². The highest BCUT2D eigenvalue weighted by atomic mass is 32.2. The first-order valence-corrected chi connectivity index (χ1v) is 8.10. The molecule has 0 bridgehead atoms. The topological polar surface area (TPSA) is 92.6 Å². The lowest BCUT2D eigenvalue weighted by Gasteiger charge is -2.38. The lowest BCUT2D eigenvalue weighted by atomic mass is 10.0. The van der Waals surface area contributed by atoms with E-state index in [2.05, 4.69) is 5.32 Å². The van der Waals surface area contributed by atoms with Crippen molar-refractivity contribution in [2.75, 3.05) is 30.7 Å². The summed E-state index contributed by atoms with van der Waals surface area (Å²) in [4.78, 5) is 10.1. The molecule has 0 saturated carbocycles. The number of halogens is 1. The highest BCUT2D eigenvalue weighted by Gasteiger charge is 2.34. The molecular formula is C12H16FN3O4S. The van der Waals surface area contributed by atoms with E-state index in [0.717, 1.165) is 6.07 Å². The van der Waals surface area contributed by atoms with E-state index in [1.54, 1.807) is 6.92 Å². The van der Waals surface area contributed by atoms with Crippen molar-refractivity contribution in [2.45, 2.75) is 6.92 Å². The minimum Gasteiger partial charge on any atom is -0.379 e. The maximum atomic E-state index is 13.4. The summed E-state index contributed by atoms with van der Waals surface area (Å²) in [5, 5.41) is 13.7. The Balaban J connectivity index is 1.95. The lowest BCUT2D eigenvalue weighted by Crippen LogP contribution is -2.52. The fourth-order valence-corrected chi connectivity index (χ4v) is 3.40. The molecule has 0 unspecified atom stereocenters. The fraction of sp³-hybridized carbons (Fsp3) is 0.500. The largest absolute Gasteiger partial charge is 0.379 e. The molecule has 9 heteroatoms. The van der Waals surface area contributed by atoms with Crippen LogP contribution in [0, 0.1) is 21.8 Å². The molecule has 0 aliphatic carbocycles. The third-order valence-electron chi connectivity index (χ3n) is 3.43. The Kier molecular flexibility index (Phi) is 4.43. The average molecular weight is 317 g/mol. The molecule has 116 valence electrons. The summed E-state index contributed by atoms with van der Waals surface area (Å²) >= 11 is 0. The SMILES string of the molecule is CCS(=O)(=O)N1CC(CNc2cccc(F)c2[N+](=O)[O-])C1. The minimum atomic E-state index is -3.17. The molecule has 0 atom stereocenters. The van der Waals surface area contributed by atoms with Gasteiger partial charge in [0.05, 0.1) is 10.7 Å². The standard InChI is InChI=1S/C12H16FN3O4S/c1-2-21(19,20)15-7-9(8-15)6-14-11-5-3-4-10(13)12(11)16(17)18/h3-5,9,14H,2,6-8H2,1H3. The molecule has 1 fully saturated rings. The Morgan fingerprint density at radius 2 is 2.14 bits per heavy atom. The number of hydrogen-bond donors (Lipinski definition) is 1. The minimum absolute atomic E-state index is 0.0581. The van der Waals surface area contributed by atoms with Gasteiger partial charge in [0.25, 0.3) is 0 Å². The monoisotopic (exact) mass is 317 g/mol. The van der Waals surface area contributed by atoms with Crippen LogP contribution in [0.15, 0.2) is 18.2 Å². The lowest BCUT2D eigenvalue weighted by molar-refractivity contribution is -0.386. The summed E-state index contributed by atoms with van der Waals surface area (Å²) in [6, 6.07) is 3.85. The predicted octanol–water partition coefficient (Wildman–Crippen LogP) is 1.43. The van der Waals surface area contributed by atoms with Crippen molar-refractivity contribution in [3.05, 3.63) is 34.1 Å². The van der Waals surface area contributed by atoms with Crippen LogP contribution in [0.1, 0.15) is 6.92 Å². The van der Waals surface area contributed by atoms with Gasteiger partial charge in [0.1, 0.15) is 5.69 Å². The molecule has 1 aromatic rings. The number of rotatable bonds is 6. The molecule has 1 heterocycles. The van der Waals surface area contributed by atoms with Crippen LogP contribution in [0.3, 0.4) is 0 Å². The molecule has 0 spiro atoms. The second-order valence-electron chi connectivity index (χ2n) is 4.86. The second kappa shape index (κ2) is 5.94. The third-order valence-corrected chi connectivity index (χ3v) is 5.25. The number of nitro benzene ring substituents is 1. The first kappa shape index (κ1) is 15.6. The van der Waals surface area contributed by atoms with Gasteiger partial charge in [-0.05, 0) is 19.1 Å². The molecule has 1 N–H and O–H groups in total. The summed E-state index contributed by atoms with van der Waals surface area (Å²) in [6.45, 7) is 2.70. The molecule has 1 aliphatic heterocycles. The van der Waals surface area contributed by atoms with Crippen molar-refractivity contribution in [1.82, 2.24) is 4.31 Å². The number of nitro groups is 1. The average Bonchev–Trinajstić information content (AvgIpc) is 2.36. The predicted molar refractivity (Wildman–Crippen MR) is 76.1 cm³/mol. The Hall–Kier alpha value is -1.74. The van der Waals surface area contributed by atoms with Crippen LogP contribution in [0.5, 0.6) is 0 Å². The van der Waals surface area contributed by atoms with Crippen molar-refractivity contribution in [3.63, 3.8) is 0 Å². The maximum absolute atomic E-state index is 13.4. The summed E-state index contributed by atoms with van der Waals surface area (Å²) in [5.74, 6) is -0.773. The van der Waals surface area contributed by atoms with Crippen LogP contribution < -0.4 is 5.32 Å². The number of nitrogens with zero attached hydrogens (tertiary/aromatic N) is 2. The number of sulfonamides is 1. The van der Waals surface area contributed by atoms with Gasteiger partial charge >= 0.3 is 5.69 Å². The van der Waals surface area contributed by atoms with Crippen LogP contribution in [-0.2, 0) is 10.0 Å². The van der Waals surface area contributed by atoms with Gasteiger partial charge in [-0.25, -0.2) is 12.7 Å². The van der Waals surface area contributed by atoms with Crippen LogP contribution in [0.4, 0.5) is 15.8 Å². The van der Waals surface area contributed by atoms with Crippen molar-refractivity contribution in [2.24, 2.45) is 5.92 Å². The maximum Gasteiger partial charge on any atom is 0.327 e. The Morgan fingerprint density at radius 1 is 1.48 bits per heavy atom. The summed E-state index contributed by atoms with van der Waals surface area (Å²) in [7, 11) is -3.17. The van der Waals surface area contributed by atoms with E-state index < -0.39 is 26.5 Å². The molecule has 1 aliphatic rings. The first-order valence-electron chi connectivity index (χ1n) is 6.49. The van der Waals surface area contributed by atoms with Crippen molar-refractivity contribution >= 4 is 21.4 Å². The van der Waals surface area contributed by atoms with Gasteiger partial charge in [-0.1, -0.05) is 6.07 Å². The van der Waals surface area contributed by atoms with E-state index in [9.17, 15) is 22.9 Å². The smallest absolute Gasteiger partial charge is 0.327 e. The molecule has 0 aromatic heterocycles. The molecule has 0 amide bonds. The van der Waals surface area contributed by atoms with Gasteiger partial charge in [-0.15, -0.1) is 0 Å². The molecule has 1 saturated heterocycles. The second-order valence-corrected chi connectivity index (χ2v) is 7.12. The fourth-order valence-electron chi connectivity index (χ4n) is 2.16. The number of anilines is 1. The Labute approximate surface area is 122 Å². The number of para-hydroxylation sites is 1. The van der Waals surface area contributed by atoms with Gasteiger partial charge in [-0.2, -0.15) is 4.39 Å². The van der Waals surface area contributed by atoms with Crippen molar-refractivity contribution in [3.8, 4) is 0 Å². The summed E-state index contributed by atoms with van der Waals surface area (Å²) in [6.07, 6.45) is 0. The molecule has 0 radical (unpaired) electrons. The zero-order chi connectivity index (χ0) is 15.6. The Morgan fingerprint density at radius 3 is 2.71 bits per heavy atom. The number of nitrogens with one attached hydrogen (secondary N) is 1. The zero-order valence-corrected chi connectivity index (χ0v) is 12.3. The number of hydrogen-bond acceptors (Lipinski definition) is 5. The molecular weight excluding hydrogens is 301 g/mol. The molecule has 1 aromatic carbocycles. The highest BCUT2D eigenvalue weighted by Crippen LogP contribution is 2.28. The third kappa shape index (κ3) is 3.30. The van der Waals surface area contributed by atoms with Crippen LogP contribution in [0.2, 0.25) is 0 Å². The van der Waals surface area contributed by atoms with E-state index in [0.29, 0.717) is 19.6 Å². The van der Waals surface area contributed by atoms with Gasteiger partial charge < -0.3 is 5.32 Å². The van der Waals surface area contributed by atoms with E-state index in [4.69, 9.17) is 0 Å². The quantitative estimate of drug-likeness (QED) is 0.633. The van der Waals surface area contributed by atoms with Gasteiger partial charge in [-0.3, -0.25) is 10.1 Å². The molecule has 7 nitrogen and oxygen atoms in total. The first-order chi connectivity index (χ1) is 9.85. The summed E-state index contributed by atoms with van der Waals surface area (Å²) < 4.78 is 37.9. The van der Waals surface area contributed by atoms with Gasteiger partial charge in [0.15, 0.2) is 0 Å². The van der Waals surface area contributed by atoms with Crippen LogP contribution in [-0.4, -0.2) is 43.0 Å². The van der Waals surface area contributed by atoms with Crippen molar-refractivity contribution < 1.29 is 17.7 Å². The molecule has 21 heavy (non-hydrogen) atoms. The zero-order valence-electron chi connectivity index (χ0n) is 11.5. The van der Waals surface area contributed by atoms with E-state index >= 15 is 0 Å². The Bertz CT molecular complexity index is 644. The summed E-state index contributed by atoms with van der Waals surface area (Å²) in [5.41, 5.74) is -0.480. The van der Waals surface area contributed by atoms with Gasteiger partial charge in [0.2, 0.25) is 15.8 Å². The number of benzene rings is 1. The molecule has 2 rings (SSSR count). The van der Waals surface area contributed by atoms with Crippen molar-refractivity contribution in [1.29, 1.82) is 0 Å². The van der Waals surface area contributed by atoms with Crippen LogP contribution >= 0.6 is 0 Å². The van der Waals surface area contributed by atoms with Gasteiger partial charge in [0, 0.05) is 25.6 Å². The highest BCUT2D eigenvalue weighted by molar-refractivity contribution is 7.89.